The number of hydrogen-bond acceptors (Lipinski definition) is 5. The summed E-state index contributed by atoms with van der Waals surface area (Å²) in [4.78, 5) is 42.9. The topological polar surface area (TPSA) is 76.0 Å². The van der Waals surface area contributed by atoms with Gasteiger partial charge in [-0.1, -0.05) is 40.2 Å². The first-order valence-electron chi connectivity index (χ1n) is 10.1. The summed E-state index contributed by atoms with van der Waals surface area (Å²) in [5.74, 6) is -0.252. The summed E-state index contributed by atoms with van der Waals surface area (Å²) in [6.45, 7) is 2.80. The lowest BCUT2D eigenvalue weighted by atomic mass is 10.1. The van der Waals surface area contributed by atoms with Crippen molar-refractivity contribution in [3.63, 3.8) is 0 Å². The highest BCUT2D eigenvalue weighted by atomic mass is 79.9. The van der Waals surface area contributed by atoms with E-state index in [1.165, 1.54) is 18.7 Å². The molecule has 0 aromatic heterocycles. The van der Waals surface area contributed by atoms with Gasteiger partial charge in [0.25, 0.3) is 5.91 Å². The molecule has 0 radical (unpaired) electrons. The van der Waals surface area contributed by atoms with Gasteiger partial charge >= 0.3 is 5.97 Å². The number of ketones is 1. The Morgan fingerprint density at radius 1 is 0.939 bits per heavy atom. The molecule has 33 heavy (non-hydrogen) atoms. The van der Waals surface area contributed by atoms with Crippen LogP contribution in [0.2, 0.25) is 0 Å². The number of carbonyl (C=O) groups is 3. The number of amidine groups is 1. The van der Waals surface area contributed by atoms with Crippen molar-refractivity contribution < 1.29 is 19.1 Å². The van der Waals surface area contributed by atoms with E-state index in [4.69, 9.17) is 4.74 Å². The number of benzene rings is 3. The Morgan fingerprint density at radius 3 is 2.24 bits per heavy atom. The van der Waals surface area contributed by atoms with E-state index in [1.54, 1.807) is 54.6 Å². The van der Waals surface area contributed by atoms with Crippen molar-refractivity contribution >= 4 is 51.2 Å². The molecule has 164 valence electrons. The number of halogens is 1. The predicted molar refractivity (Wildman–Crippen MR) is 130 cm³/mol. The third-order valence-corrected chi connectivity index (χ3v) is 5.48. The molecule has 0 unspecified atom stereocenters. The molecule has 0 spiro atoms. The molecule has 7 heteroatoms. The Balaban J connectivity index is 1.84. The third-order valence-electron chi connectivity index (χ3n) is 4.95. The SMILES string of the molecule is CC(=O)Oc1ccccc1C1=NC(=Cc2ccc(Br)cc2)C(=O)N1c1ccc(C(C)=O)cc1. The van der Waals surface area contributed by atoms with Gasteiger partial charge in [-0.25, -0.2) is 4.99 Å². The highest BCUT2D eigenvalue weighted by molar-refractivity contribution is 9.10. The Hall–Kier alpha value is -3.84. The van der Waals surface area contributed by atoms with Gasteiger partial charge in [-0.2, -0.15) is 0 Å². The maximum Gasteiger partial charge on any atom is 0.308 e. The molecule has 0 aliphatic carbocycles. The lowest BCUT2D eigenvalue weighted by Gasteiger charge is -2.20. The Kier molecular flexibility index (Phi) is 6.33. The van der Waals surface area contributed by atoms with Crippen molar-refractivity contribution in [1.82, 2.24) is 0 Å². The van der Waals surface area contributed by atoms with E-state index in [0.717, 1.165) is 10.0 Å². The van der Waals surface area contributed by atoms with Crippen LogP contribution in [0.1, 0.15) is 35.3 Å². The number of esters is 1. The van der Waals surface area contributed by atoms with Gasteiger partial charge in [0, 0.05) is 17.0 Å². The molecule has 3 aromatic carbocycles. The van der Waals surface area contributed by atoms with E-state index >= 15 is 0 Å². The van der Waals surface area contributed by atoms with Gasteiger partial charge in [0.05, 0.1) is 11.3 Å². The molecule has 1 amide bonds. The molecular formula is C26H19BrN2O4. The zero-order chi connectivity index (χ0) is 23.5. The van der Waals surface area contributed by atoms with Gasteiger partial charge in [-0.3, -0.25) is 19.3 Å². The Bertz CT molecular complexity index is 1310. The highest BCUT2D eigenvalue weighted by Crippen LogP contribution is 2.31. The van der Waals surface area contributed by atoms with Crippen LogP contribution >= 0.6 is 15.9 Å². The number of hydrogen-bond donors (Lipinski definition) is 0. The molecule has 0 fully saturated rings. The smallest absolute Gasteiger partial charge is 0.308 e. The van der Waals surface area contributed by atoms with Gasteiger partial charge in [-0.15, -0.1) is 0 Å². The number of aliphatic imine (C=N–C) groups is 1. The van der Waals surface area contributed by atoms with E-state index in [-0.39, 0.29) is 17.4 Å². The fraction of sp³-hybridized carbons (Fsp3) is 0.0769. The first-order valence-corrected chi connectivity index (χ1v) is 10.9. The third kappa shape index (κ3) is 4.83. The average Bonchev–Trinajstić information content (AvgIpc) is 3.11. The molecular weight excluding hydrogens is 484 g/mol. The monoisotopic (exact) mass is 502 g/mol. The van der Waals surface area contributed by atoms with Crippen LogP contribution in [-0.2, 0) is 9.59 Å². The van der Waals surface area contributed by atoms with E-state index in [0.29, 0.717) is 28.4 Å². The minimum absolute atomic E-state index is 0.0702. The normalized spacial score (nSPS) is 14.4. The van der Waals surface area contributed by atoms with Crippen LogP contribution in [0.5, 0.6) is 5.75 Å². The summed E-state index contributed by atoms with van der Waals surface area (Å²) >= 11 is 3.40. The second kappa shape index (κ2) is 9.34. The molecule has 6 nitrogen and oxygen atoms in total. The first-order chi connectivity index (χ1) is 15.8. The maximum atomic E-state index is 13.5. The van der Waals surface area contributed by atoms with Crippen molar-refractivity contribution in [2.24, 2.45) is 4.99 Å². The molecule has 1 aliphatic rings. The van der Waals surface area contributed by atoms with Crippen molar-refractivity contribution in [1.29, 1.82) is 0 Å². The summed E-state index contributed by atoms with van der Waals surface area (Å²) in [7, 11) is 0. The van der Waals surface area contributed by atoms with Crippen LogP contribution in [0.4, 0.5) is 5.69 Å². The van der Waals surface area contributed by atoms with E-state index in [1.807, 2.05) is 24.3 Å². The lowest BCUT2D eigenvalue weighted by molar-refractivity contribution is -0.131. The standard InChI is InChI=1S/C26H19BrN2O4/c1-16(30)19-9-13-21(14-10-19)29-25(22-5-3-4-6-24(22)33-17(2)31)28-23(26(29)32)15-18-7-11-20(27)12-8-18/h3-15H,1-2H3. The van der Waals surface area contributed by atoms with Crippen molar-refractivity contribution in [3.8, 4) is 5.75 Å². The first kappa shape index (κ1) is 22.4. The quantitative estimate of drug-likeness (QED) is 0.202. The number of para-hydroxylation sites is 1. The molecule has 0 N–H and O–H groups in total. The number of ether oxygens (including phenoxy) is 1. The number of anilines is 1. The number of Topliss-reactive ketones (excluding diaryl/α,β-unsaturated/α-hetero) is 1. The lowest BCUT2D eigenvalue weighted by Crippen LogP contribution is -2.33. The second-order valence-corrected chi connectivity index (χ2v) is 8.27. The van der Waals surface area contributed by atoms with Crippen LogP contribution in [0.25, 0.3) is 6.08 Å². The van der Waals surface area contributed by atoms with E-state index in [9.17, 15) is 14.4 Å². The number of carbonyl (C=O) groups excluding carboxylic acids is 3. The van der Waals surface area contributed by atoms with Crippen LogP contribution < -0.4 is 9.64 Å². The molecule has 1 aliphatic heterocycles. The van der Waals surface area contributed by atoms with Crippen LogP contribution in [0.3, 0.4) is 0 Å². The minimum Gasteiger partial charge on any atom is -0.426 e. The van der Waals surface area contributed by atoms with Gasteiger partial charge < -0.3 is 4.74 Å². The van der Waals surface area contributed by atoms with Crippen LogP contribution in [0.15, 0.2) is 88.0 Å². The highest BCUT2D eigenvalue weighted by Gasteiger charge is 2.34. The average molecular weight is 503 g/mol. The summed E-state index contributed by atoms with van der Waals surface area (Å²) in [6.07, 6.45) is 1.70. The van der Waals surface area contributed by atoms with Gasteiger partial charge in [0.1, 0.15) is 11.4 Å². The molecule has 0 saturated carbocycles. The van der Waals surface area contributed by atoms with E-state index in [2.05, 4.69) is 20.9 Å². The predicted octanol–water partition coefficient (Wildman–Crippen LogP) is 5.41. The van der Waals surface area contributed by atoms with Crippen molar-refractivity contribution in [3.05, 3.63) is 99.7 Å². The summed E-state index contributed by atoms with van der Waals surface area (Å²) in [5, 5.41) is 0. The van der Waals surface area contributed by atoms with Crippen LogP contribution in [0, 0.1) is 0 Å². The Morgan fingerprint density at radius 2 is 1.61 bits per heavy atom. The molecule has 0 bridgehead atoms. The second-order valence-electron chi connectivity index (χ2n) is 7.35. The zero-order valence-electron chi connectivity index (χ0n) is 17.9. The maximum absolute atomic E-state index is 13.5. The van der Waals surface area contributed by atoms with Gasteiger partial charge in [0.15, 0.2) is 11.6 Å². The fourth-order valence-corrected chi connectivity index (χ4v) is 3.66. The molecule has 0 saturated heterocycles. The fourth-order valence-electron chi connectivity index (χ4n) is 3.39. The Labute approximate surface area is 199 Å². The molecule has 0 atom stereocenters. The summed E-state index contributed by atoms with van der Waals surface area (Å²) < 4.78 is 6.29. The van der Waals surface area contributed by atoms with E-state index < -0.39 is 5.97 Å². The van der Waals surface area contributed by atoms with Gasteiger partial charge in [-0.05, 0) is 67.1 Å². The number of amides is 1. The largest absolute Gasteiger partial charge is 0.426 e. The summed E-state index contributed by atoms with van der Waals surface area (Å²) in [5.41, 5.74) is 2.62. The zero-order valence-corrected chi connectivity index (χ0v) is 19.5. The van der Waals surface area contributed by atoms with Crippen LogP contribution in [-0.4, -0.2) is 23.5 Å². The molecule has 3 aromatic rings. The van der Waals surface area contributed by atoms with Crippen molar-refractivity contribution in [2.45, 2.75) is 13.8 Å². The molecule has 1 heterocycles. The van der Waals surface area contributed by atoms with Gasteiger partial charge in [0.2, 0.25) is 0 Å². The minimum atomic E-state index is -0.477. The summed E-state index contributed by atoms with van der Waals surface area (Å²) in [6, 6.07) is 21.1. The number of nitrogens with zero attached hydrogens (tertiary/aromatic N) is 2. The number of rotatable bonds is 5. The molecule has 4 rings (SSSR count). The van der Waals surface area contributed by atoms with Crippen molar-refractivity contribution in [2.75, 3.05) is 4.90 Å².